The average Bonchev–Trinajstić information content (AvgIpc) is 3.01. The second-order valence-corrected chi connectivity index (χ2v) is 7.79. The summed E-state index contributed by atoms with van der Waals surface area (Å²) in [6, 6.07) is 11.2. The Labute approximate surface area is 156 Å². The molecule has 3 nitrogen and oxygen atoms in total. The maximum Gasteiger partial charge on any atom is 0.323 e. The first-order valence-corrected chi connectivity index (χ1v) is 9.48. The average molecular weight is 381 g/mol. The molecule has 3 rings (SSSR count). The smallest absolute Gasteiger partial charge is 0.308 e. The van der Waals surface area contributed by atoms with Crippen LogP contribution in [0.4, 0.5) is 10.5 Å². The molecular weight excluding hydrogens is 363 g/mol. The maximum absolute atomic E-state index is 12.8. The number of anilines is 1. The Kier molecular flexibility index (Phi) is 5.28. The van der Waals surface area contributed by atoms with Gasteiger partial charge in [0, 0.05) is 33.6 Å². The monoisotopic (exact) mass is 380 g/mol. The van der Waals surface area contributed by atoms with Gasteiger partial charge in [0.25, 0.3) is 0 Å². The van der Waals surface area contributed by atoms with Gasteiger partial charge in [-0.1, -0.05) is 41.4 Å². The summed E-state index contributed by atoms with van der Waals surface area (Å²) in [6.07, 6.45) is 0. The fraction of sp³-hybridized carbons (Fsp3) is 0.278. The van der Waals surface area contributed by atoms with Crippen LogP contribution >= 0.6 is 35.0 Å². The van der Waals surface area contributed by atoms with E-state index in [4.69, 9.17) is 23.2 Å². The first-order chi connectivity index (χ1) is 11.5. The summed E-state index contributed by atoms with van der Waals surface area (Å²) in [5, 5.41) is 4.12. The van der Waals surface area contributed by atoms with E-state index in [1.807, 2.05) is 49.1 Å². The van der Waals surface area contributed by atoms with E-state index in [-0.39, 0.29) is 11.4 Å². The van der Waals surface area contributed by atoms with Crippen LogP contribution in [0.1, 0.15) is 22.1 Å². The molecule has 1 atom stereocenters. The maximum atomic E-state index is 12.8. The van der Waals surface area contributed by atoms with Crippen molar-refractivity contribution in [1.29, 1.82) is 0 Å². The fourth-order valence-electron chi connectivity index (χ4n) is 2.71. The first kappa shape index (κ1) is 17.5. The number of nitrogens with one attached hydrogen (secondary N) is 1. The van der Waals surface area contributed by atoms with Crippen molar-refractivity contribution in [3.8, 4) is 0 Å². The van der Waals surface area contributed by atoms with Crippen molar-refractivity contribution in [2.24, 2.45) is 0 Å². The number of thioether (sulfide) groups is 1. The minimum atomic E-state index is -0.107. The molecule has 126 valence electrons. The lowest BCUT2D eigenvalue weighted by Gasteiger charge is -2.25. The Morgan fingerprint density at radius 1 is 1.25 bits per heavy atom. The van der Waals surface area contributed by atoms with Crippen LogP contribution in [-0.2, 0) is 0 Å². The highest BCUT2D eigenvalue weighted by atomic mass is 35.5. The molecule has 2 aromatic carbocycles. The number of carbonyl (C=O) groups excluding carboxylic acids is 1. The van der Waals surface area contributed by atoms with Crippen LogP contribution in [0.15, 0.2) is 36.4 Å². The Balaban J connectivity index is 1.82. The van der Waals surface area contributed by atoms with Gasteiger partial charge in [-0.05, 0) is 43.2 Å². The number of urea groups is 1. The third-order valence-corrected chi connectivity index (χ3v) is 6.03. The molecule has 1 aliphatic heterocycles. The third-order valence-electron chi connectivity index (χ3n) is 4.23. The van der Waals surface area contributed by atoms with Gasteiger partial charge in [-0.25, -0.2) is 4.79 Å². The predicted octanol–water partition coefficient (Wildman–Crippen LogP) is 5.89. The van der Waals surface area contributed by atoms with E-state index in [1.165, 1.54) is 0 Å². The normalized spacial score (nSPS) is 17.2. The first-order valence-electron chi connectivity index (χ1n) is 7.68. The Hall–Kier alpha value is -1.36. The molecule has 0 radical (unpaired) electrons. The van der Waals surface area contributed by atoms with Gasteiger partial charge in [0.15, 0.2) is 0 Å². The highest BCUT2D eigenvalue weighted by Crippen LogP contribution is 2.41. The summed E-state index contributed by atoms with van der Waals surface area (Å²) < 4.78 is 0. The zero-order valence-corrected chi connectivity index (χ0v) is 15.8. The van der Waals surface area contributed by atoms with E-state index in [0.29, 0.717) is 16.6 Å². The molecule has 0 spiro atoms. The van der Waals surface area contributed by atoms with Crippen molar-refractivity contribution in [3.05, 3.63) is 63.1 Å². The second-order valence-electron chi connectivity index (χ2n) is 5.76. The molecule has 24 heavy (non-hydrogen) atoms. The zero-order valence-electron chi connectivity index (χ0n) is 13.5. The van der Waals surface area contributed by atoms with Crippen molar-refractivity contribution >= 4 is 46.7 Å². The van der Waals surface area contributed by atoms with Crippen molar-refractivity contribution in [3.63, 3.8) is 0 Å². The van der Waals surface area contributed by atoms with Crippen molar-refractivity contribution < 1.29 is 4.79 Å². The van der Waals surface area contributed by atoms with Crippen LogP contribution in [0.5, 0.6) is 0 Å². The number of halogens is 2. The largest absolute Gasteiger partial charge is 0.323 e. The number of hydrogen-bond donors (Lipinski definition) is 1. The summed E-state index contributed by atoms with van der Waals surface area (Å²) in [4.78, 5) is 14.6. The Morgan fingerprint density at radius 2 is 2.04 bits per heavy atom. The van der Waals surface area contributed by atoms with Crippen LogP contribution in [-0.4, -0.2) is 23.2 Å². The number of benzene rings is 2. The lowest BCUT2D eigenvalue weighted by Crippen LogP contribution is -2.34. The molecule has 1 unspecified atom stereocenters. The van der Waals surface area contributed by atoms with Gasteiger partial charge in [0.2, 0.25) is 0 Å². The van der Waals surface area contributed by atoms with Crippen LogP contribution in [0.2, 0.25) is 10.0 Å². The summed E-state index contributed by atoms with van der Waals surface area (Å²) in [5.74, 6) is 0.879. The molecule has 1 saturated heterocycles. The zero-order chi connectivity index (χ0) is 17.3. The molecule has 0 aliphatic carbocycles. The lowest BCUT2D eigenvalue weighted by atomic mass is 10.1. The van der Waals surface area contributed by atoms with E-state index in [2.05, 4.69) is 5.32 Å². The van der Waals surface area contributed by atoms with Crippen molar-refractivity contribution in [2.45, 2.75) is 19.2 Å². The number of carbonyl (C=O) groups is 1. The van der Waals surface area contributed by atoms with E-state index in [0.717, 1.165) is 28.1 Å². The molecule has 2 amide bonds. The van der Waals surface area contributed by atoms with Gasteiger partial charge < -0.3 is 10.2 Å². The van der Waals surface area contributed by atoms with Crippen LogP contribution in [0.25, 0.3) is 0 Å². The molecule has 2 aromatic rings. The Morgan fingerprint density at radius 3 is 2.79 bits per heavy atom. The van der Waals surface area contributed by atoms with E-state index in [9.17, 15) is 4.79 Å². The highest BCUT2D eigenvalue weighted by molar-refractivity contribution is 7.99. The molecule has 0 saturated carbocycles. The lowest BCUT2D eigenvalue weighted by molar-refractivity contribution is 0.214. The summed E-state index contributed by atoms with van der Waals surface area (Å²) in [7, 11) is 0. The summed E-state index contributed by atoms with van der Waals surface area (Å²) in [5.41, 5.74) is 4.00. The number of rotatable bonds is 2. The number of hydrogen-bond acceptors (Lipinski definition) is 2. The quantitative estimate of drug-likeness (QED) is 0.704. The van der Waals surface area contributed by atoms with Gasteiger partial charge in [0.05, 0.1) is 0 Å². The minimum absolute atomic E-state index is 0.0973. The molecule has 6 heteroatoms. The number of aryl methyl sites for hydroxylation is 1. The standard InChI is InChI=1S/C18H18Cl2N2OS/c1-11-4-3-5-16(12(11)2)21-18(23)22-8-9-24-17(22)14-7-6-13(19)10-15(14)20/h3-7,10,17H,8-9H2,1-2H3,(H,21,23). The number of amides is 2. The van der Waals surface area contributed by atoms with E-state index < -0.39 is 0 Å². The molecule has 1 N–H and O–H groups in total. The number of nitrogens with zero attached hydrogens (tertiary/aromatic N) is 1. The van der Waals surface area contributed by atoms with Gasteiger partial charge in [-0.2, -0.15) is 0 Å². The van der Waals surface area contributed by atoms with Gasteiger partial charge in [-0.3, -0.25) is 0 Å². The van der Waals surface area contributed by atoms with Gasteiger partial charge in [-0.15, -0.1) is 11.8 Å². The van der Waals surface area contributed by atoms with Crippen LogP contribution in [0.3, 0.4) is 0 Å². The molecule has 1 heterocycles. The summed E-state index contributed by atoms with van der Waals surface area (Å²) >= 11 is 14.0. The third kappa shape index (κ3) is 3.51. The van der Waals surface area contributed by atoms with E-state index >= 15 is 0 Å². The van der Waals surface area contributed by atoms with Crippen LogP contribution in [0, 0.1) is 13.8 Å². The predicted molar refractivity (Wildman–Crippen MR) is 103 cm³/mol. The highest BCUT2D eigenvalue weighted by Gasteiger charge is 2.32. The van der Waals surface area contributed by atoms with E-state index in [1.54, 1.807) is 17.8 Å². The van der Waals surface area contributed by atoms with Gasteiger partial charge >= 0.3 is 6.03 Å². The van der Waals surface area contributed by atoms with Crippen LogP contribution < -0.4 is 5.32 Å². The topological polar surface area (TPSA) is 32.3 Å². The van der Waals surface area contributed by atoms with Crippen molar-refractivity contribution in [1.82, 2.24) is 4.90 Å². The molecule has 0 aromatic heterocycles. The molecule has 0 bridgehead atoms. The Bertz CT molecular complexity index is 782. The second kappa shape index (κ2) is 7.26. The SMILES string of the molecule is Cc1cccc(NC(=O)N2CCSC2c2ccc(Cl)cc2Cl)c1C. The molecule has 1 fully saturated rings. The van der Waals surface area contributed by atoms with Gasteiger partial charge in [0.1, 0.15) is 5.37 Å². The summed E-state index contributed by atoms with van der Waals surface area (Å²) in [6.45, 7) is 4.73. The minimum Gasteiger partial charge on any atom is -0.308 e. The van der Waals surface area contributed by atoms with Crippen molar-refractivity contribution in [2.75, 3.05) is 17.6 Å². The fourth-order valence-corrected chi connectivity index (χ4v) is 4.58. The molecular formula is C18H18Cl2N2OS. The molecule has 1 aliphatic rings.